The van der Waals surface area contributed by atoms with E-state index in [0.717, 1.165) is 18.4 Å². The summed E-state index contributed by atoms with van der Waals surface area (Å²) in [5.74, 6) is 0.449. The van der Waals surface area contributed by atoms with Gasteiger partial charge in [0, 0.05) is 12.1 Å². The Morgan fingerprint density at radius 1 is 1.18 bits per heavy atom. The van der Waals surface area contributed by atoms with E-state index in [2.05, 4.69) is 9.97 Å². The molecule has 0 saturated carbocycles. The molecule has 3 heterocycles. The van der Waals surface area contributed by atoms with Crippen molar-refractivity contribution in [1.29, 1.82) is 0 Å². The smallest absolute Gasteiger partial charge is 0.407 e. The fraction of sp³-hybridized carbons (Fsp3) is 0.217. The summed E-state index contributed by atoms with van der Waals surface area (Å²) in [5.41, 5.74) is 8.04. The molecular formula is C23H21FN6O3. The van der Waals surface area contributed by atoms with Gasteiger partial charge in [0.15, 0.2) is 17.2 Å². The second kappa shape index (κ2) is 8.38. The normalized spacial score (nSPS) is 15.8. The van der Waals surface area contributed by atoms with Gasteiger partial charge in [-0.3, -0.25) is 0 Å². The molecule has 5 rings (SSSR count). The molecule has 9 nitrogen and oxygen atoms in total. The summed E-state index contributed by atoms with van der Waals surface area (Å²) in [7, 11) is 0. The molecule has 10 heteroatoms. The van der Waals surface area contributed by atoms with Crippen molar-refractivity contribution in [3.8, 4) is 22.8 Å². The van der Waals surface area contributed by atoms with Crippen LogP contribution in [-0.2, 0) is 6.54 Å². The first-order valence-electron chi connectivity index (χ1n) is 10.5. The average molecular weight is 448 g/mol. The van der Waals surface area contributed by atoms with Crippen LogP contribution in [0.2, 0.25) is 0 Å². The third-order valence-corrected chi connectivity index (χ3v) is 5.76. The Kier molecular flexibility index (Phi) is 5.25. The molecule has 1 atom stereocenters. The summed E-state index contributed by atoms with van der Waals surface area (Å²) in [4.78, 5) is 21.5. The first-order chi connectivity index (χ1) is 16.0. The van der Waals surface area contributed by atoms with E-state index in [-0.39, 0.29) is 17.6 Å². The lowest BCUT2D eigenvalue weighted by atomic mass is 10.1. The van der Waals surface area contributed by atoms with Crippen LogP contribution >= 0.6 is 0 Å². The van der Waals surface area contributed by atoms with Gasteiger partial charge in [-0.2, -0.15) is 5.10 Å². The minimum atomic E-state index is -0.936. The number of nitrogens with zero attached hydrogens (tertiary/aromatic N) is 5. The number of halogens is 1. The molecule has 0 spiro atoms. The van der Waals surface area contributed by atoms with Crippen LogP contribution in [0.15, 0.2) is 54.9 Å². The summed E-state index contributed by atoms with van der Waals surface area (Å²) in [6.07, 6.45) is 2.00. The van der Waals surface area contributed by atoms with E-state index in [1.807, 2.05) is 0 Å². The first kappa shape index (κ1) is 20.7. The van der Waals surface area contributed by atoms with Crippen molar-refractivity contribution >= 4 is 22.9 Å². The highest BCUT2D eigenvalue weighted by Crippen LogP contribution is 2.33. The molecular weight excluding hydrogens is 427 g/mol. The lowest BCUT2D eigenvalue weighted by Crippen LogP contribution is -2.37. The molecule has 0 unspecified atom stereocenters. The van der Waals surface area contributed by atoms with Crippen molar-refractivity contribution in [2.24, 2.45) is 0 Å². The van der Waals surface area contributed by atoms with Crippen LogP contribution in [0.5, 0.6) is 11.5 Å². The first-order valence-corrected chi connectivity index (χ1v) is 10.5. The summed E-state index contributed by atoms with van der Waals surface area (Å²) < 4.78 is 21.2. The van der Waals surface area contributed by atoms with Crippen LogP contribution in [0.4, 0.5) is 15.0 Å². The standard InChI is InChI=1S/C23H21FN6O3/c24-17-5-1-2-6-18(17)33-16-9-7-14(8-10-16)20-19-21(25)26-13-27-22(19)30(28-20)12-15-4-3-11-29(15)23(31)32/h1-2,5-10,13,15H,3-4,11-12H2,(H,31,32)(H2,25,26,27)/t15-/m1/s1. The van der Waals surface area contributed by atoms with Crippen LogP contribution in [-0.4, -0.2) is 48.4 Å². The third-order valence-electron chi connectivity index (χ3n) is 5.76. The molecule has 1 fully saturated rings. The van der Waals surface area contributed by atoms with Gasteiger partial charge in [-0.1, -0.05) is 12.1 Å². The predicted octanol–water partition coefficient (Wildman–Crippen LogP) is 4.15. The van der Waals surface area contributed by atoms with Crippen molar-refractivity contribution in [2.45, 2.75) is 25.4 Å². The lowest BCUT2D eigenvalue weighted by molar-refractivity contribution is 0.135. The number of amides is 1. The number of carboxylic acid groups (broad SMARTS) is 1. The number of aromatic nitrogens is 4. The molecule has 3 N–H and O–H groups in total. The SMILES string of the molecule is Nc1ncnc2c1c(-c1ccc(Oc3ccccc3F)cc1)nn2C[C@H]1CCCN1C(=O)O. The molecule has 168 valence electrons. The minimum absolute atomic E-state index is 0.136. The molecule has 2 aromatic carbocycles. The molecule has 0 bridgehead atoms. The topological polar surface area (TPSA) is 119 Å². The number of hydrogen-bond donors (Lipinski definition) is 2. The van der Waals surface area contributed by atoms with E-state index in [1.54, 1.807) is 47.1 Å². The number of nitrogen functional groups attached to an aromatic ring is 1. The van der Waals surface area contributed by atoms with Crippen molar-refractivity contribution < 1.29 is 19.0 Å². The number of likely N-dealkylation sites (tertiary alicyclic amines) is 1. The van der Waals surface area contributed by atoms with E-state index in [4.69, 9.17) is 15.6 Å². The summed E-state index contributed by atoms with van der Waals surface area (Å²) in [6, 6.07) is 13.0. The number of carbonyl (C=O) groups is 1. The molecule has 1 amide bonds. The molecule has 2 aromatic heterocycles. The zero-order valence-corrected chi connectivity index (χ0v) is 17.6. The highest BCUT2D eigenvalue weighted by atomic mass is 19.1. The van der Waals surface area contributed by atoms with E-state index < -0.39 is 11.9 Å². The lowest BCUT2D eigenvalue weighted by Gasteiger charge is -2.21. The Hall–Kier alpha value is -4.21. The molecule has 0 radical (unpaired) electrons. The largest absolute Gasteiger partial charge is 0.465 e. The fourth-order valence-electron chi connectivity index (χ4n) is 4.17. The van der Waals surface area contributed by atoms with Crippen LogP contribution in [0.3, 0.4) is 0 Å². The van der Waals surface area contributed by atoms with Gasteiger partial charge in [0.05, 0.1) is 18.0 Å². The van der Waals surface area contributed by atoms with Crippen molar-refractivity contribution in [3.63, 3.8) is 0 Å². The van der Waals surface area contributed by atoms with E-state index >= 15 is 0 Å². The van der Waals surface area contributed by atoms with Crippen molar-refractivity contribution in [1.82, 2.24) is 24.6 Å². The van der Waals surface area contributed by atoms with Crippen molar-refractivity contribution in [3.05, 3.63) is 60.7 Å². The Bertz CT molecular complexity index is 1320. The number of rotatable bonds is 5. The predicted molar refractivity (Wildman–Crippen MR) is 119 cm³/mol. The number of para-hydroxylation sites is 1. The maximum Gasteiger partial charge on any atom is 0.407 e. The highest BCUT2D eigenvalue weighted by molar-refractivity contribution is 5.98. The number of nitrogens with two attached hydrogens (primary N) is 1. The Morgan fingerprint density at radius 2 is 1.97 bits per heavy atom. The quantitative estimate of drug-likeness (QED) is 0.471. The van der Waals surface area contributed by atoms with Crippen LogP contribution < -0.4 is 10.5 Å². The average Bonchev–Trinajstić information content (AvgIpc) is 3.42. The molecule has 1 saturated heterocycles. The van der Waals surface area contributed by atoms with Gasteiger partial charge >= 0.3 is 6.09 Å². The second-order valence-electron chi connectivity index (χ2n) is 7.82. The minimum Gasteiger partial charge on any atom is -0.465 e. The zero-order chi connectivity index (χ0) is 22.9. The third kappa shape index (κ3) is 3.91. The summed E-state index contributed by atoms with van der Waals surface area (Å²) in [5, 5.41) is 14.8. The second-order valence-corrected chi connectivity index (χ2v) is 7.82. The molecule has 33 heavy (non-hydrogen) atoms. The Labute approximate surface area is 188 Å². The number of ether oxygens (including phenoxy) is 1. The van der Waals surface area contributed by atoms with Crippen LogP contribution in [0.1, 0.15) is 12.8 Å². The molecule has 1 aliphatic rings. The monoisotopic (exact) mass is 448 g/mol. The molecule has 0 aliphatic carbocycles. The van der Waals surface area contributed by atoms with Gasteiger partial charge in [0.1, 0.15) is 23.6 Å². The number of benzene rings is 2. The number of fused-ring (bicyclic) bond motifs is 1. The van der Waals surface area contributed by atoms with Gasteiger partial charge in [-0.25, -0.2) is 23.8 Å². The highest BCUT2D eigenvalue weighted by Gasteiger charge is 2.30. The molecule has 4 aromatic rings. The number of hydrogen-bond acceptors (Lipinski definition) is 6. The Morgan fingerprint density at radius 3 is 2.73 bits per heavy atom. The Balaban J connectivity index is 1.48. The maximum absolute atomic E-state index is 13.9. The van der Waals surface area contributed by atoms with Crippen LogP contribution in [0.25, 0.3) is 22.3 Å². The van der Waals surface area contributed by atoms with E-state index in [9.17, 15) is 14.3 Å². The summed E-state index contributed by atoms with van der Waals surface area (Å²) in [6.45, 7) is 0.875. The maximum atomic E-state index is 13.9. The number of anilines is 1. The van der Waals surface area contributed by atoms with Gasteiger partial charge < -0.3 is 20.5 Å². The van der Waals surface area contributed by atoms with Gasteiger partial charge in [0.25, 0.3) is 0 Å². The van der Waals surface area contributed by atoms with E-state index in [1.165, 1.54) is 17.3 Å². The van der Waals surface area contributed by atoms with Gasteiger partial charge in [0.2, 0.25) is 0 Å². The van der Waals surface area contributed by atoms with Crippen molar-refractivity contribution in [2.75, 3.05) is 12.3 Å². The van der Waals surface area contributed by atoms with Gasteiger partial charge in [-0.15, -0.1) is 0 Å². The van der Waals surface area contributed by atoms with Crippen LogP contribution in [0, 0.1) is 5.82 Å². The van der Waals surface area contributed by atoms with Gasteiger partial charge in [-0.05, 0) is 49.2 Å². The molecule has 1 aliphatic heterocycles. The van der Waals surface area contributed by atoms with E-state index in [0.29, 0.717) is 35.6 Å². The fourth-order valence-corrected chi connectivity index (χ4v) is 4.17. The zero-order valence-electron chi connectivity index (χ0n) is 17.6. The summed E-state index contributed by atoms with van der Waals surface area (Å²) >= 11 is 0.